The summed E-state index contributed by atoms with van der Waals surface area (Å²) in [5, 5.41) is 3.84. The van der Waals surface area contributed by atoms with E-state index in [1.807, 2.05) is 0 Å². The predicted octanol–water partition coefficient (Wildman–Crippen LogP) is 3.35. The second-order valence-corrected chi connectivity index (χ2v) is 6.74. The Hall–Kier alpha value is -0.120. The fourth-order valence-corrected chi connectivity index (χ4v) is 3.88. The zero-order valence-electron chi connectivity index (χ0n) is 15.2. The molecule has 0 radical (unpaired) electrons. The highest BCUT2D eigenvalue weighted by Gasteiger charge is 2.31. The normalized spacial score (nSPS) is 24.7. The lowest BCUT2D eigenvalue weighted by Crippen LogP contribution is -2.54. The summed E-state index contributed by atoms with van der Waals surface area (Å²) >= 11 is 0. The average molecular weight is 298 g/mol. The van der Waals surface area contributed by atoms with Crippen LogP contribution in [-0.2, 0) is 0 Å². The van der Waals surface area contributed by atoms with Gasteiger partial charge in [-0.05, 0) is 52.2 Å². The fraction of sp³-hybridized carbons (Fsp3) is 1.00. The van der Waals surface area contributed by atoms with Gasteiger partial charge in [-0.15, -0.1) is 0 Å². The third kappa shape index (κ3) is 5.88. The Morgan fingerprint density at radius 1 is 1.10 bits per heavy atom. The van der Waals surface area contributed by atoms with E-state index in [1.54, 1.807) is 0 Å². The smallest absolute Gasteiger partial charge is 0.0250 e. The zero-order chi connectivity index (χ0) is 15.7. The van der Waals surface area contributed by atoms with Crippen molar-refractivity contribution in [3.05, 3.63) is 0 Å². The van der Waals surface area contributed by atoms with Gasteiger partial charge in [0, 0.05) is 31.2 Å². The number of hydrogen-bond acceptors (Lipinski definition) is 3. The molecule has 0 aromatic rings. The maximum atomic E-state index is 3.84. The topological polar surface area (TPSA) is 18.5 Å². The van der Waals surface area contributed by atoms with Gasteiger partial charge < -0.3 is 10.2 Å². The molecule has 1 heterocycles. The third-order valence-electron chi connectivity index (χ3n) is 4.98. The summed E-state index contributed by atoms with van der Waals surface area (Å²) in [6, 6.07) is 2.09. The number of nitrogens with zero attached hydrogens (tertiary/aromatic N) is 2. The van der Waals surface area contributed by atoms with Gasteiger partial charge in [0.15, 0.2) is 0 Å². The van der Waals surface area contributed by atoms with E-state index in [4.69, 9.17) is 0 Å². The van der Waals surface area contributed by atoms with Crippen LogP contribution in [0.4, 0.5) is 0 Å². The Morgan fingerprint density at radius 3 is 2.43 bits per heavy atom. The van der Waals surface area contributed by atoms with Crippen molar-refractivity contribution in [1.82, 2.24) is 15.1 Å². The first-order valence-corrected chi connectivity index (χ1v) is 9.35. The standard InChI is InChI=1S/C18H39N3/c1-6-11-17(19-12-7-2)18(9-4)21-14-10-13-20(5)15-16(21)8-3/h16-19H,6-15H2,1-5H3. The van der Waals surface area contributed by atoms with E-state index in [2.05, 4.69) is 49.9 Å². The van der Waals surface area contributed by atoms with Crippen molar-refractivity contribution in [3.63, 3.8) is 0 Å². The number of nitrogens with one attached hydrogen (secondary N) is 1. The largest absolute Gasteiger partial charge is 0.312 e. The summed E-state index contributed by atoms with van der Waals surface area (Å²) in [5.74, 6) is 0. The van der Waals surface area contributed by atoms with Crippen LogP contribution in [0.5, 0.6) is 0 Å². The Bertz CT molecular complexity index is 257. The van der Waals surface area contributed by atoms with Gasteiger partial charge in [-0.1, -0.05) is 34.1 Å². The quantitative estimate of drug-likeness (QED) is 0.704. The van der Waals surface area contributed by atoms with Gasteiger partial charge in [-0.3, -0.25) is 4.90 Å². The summed E-state index contributed by atoms with van der Waals surface area (Å²) in [6.45, 7) is 14.2. The van der Waals surface area contributed by atoms with Gasteiger partial charge in [0.05, 0.1) is 0 Å². The van der Waals surface area contributed by atoms with Gasteiger partial charge in [0.25, 0.3) is 0 Å². The van der Waals surface area contributed by atoms with Crippen molar-refractivity contribution < 1.29 is 0 Å². The minimum absolute atomic E-state index is 0.664. The fourth-order valence-electron chi connectivity index (χ4n) is 3.88. The molecule has 1 saturated heterocycles. The zero-order valence-corrected chi connectivity index (χ0v) is 15.2. The van der Waals surface area contributed by atoms with Crippen LogP contribution >= 0.6 is 0 Å². The molecule has 0 aliphatic carbocycles. The van der Waals surface area contributed by atoms with Crippen LogP contribution in [0.25, 0.3) is 0 Å². The first kappa shape index (κ1) is 18.9. The summed E-state index contributed by atoms with van der Waals surface area (Å²) in [6.07, 6.45) is 7.67. The Morgan fingerprint density at radius 2 is 1.86 bits per heavy atom. The minimum atomic E-state index is 0.664. The lowest BCUT2D eigenvalue weighted by molar-refractivity contribution is 0.0941. The summed E-state index contributed by atoms with van der Waals surface area (Å²) in [4.78, 5) is 5.36. The van der Waals surface area contributed by atoms with E-state index in [-0.39, 0.29) is 0 Å². The molecule has 3 heteroatoms. The molecule has 3 nitrogen and oxygen atoms in total. The van der Waals surface area contributed by atoms with Crippen LogP contribution in [0.15, 0.2) is 0 Å². The van der Waals surface area contributed by atoms with Crippen molar-refractivity contribution in [2.45, 2.75) is 84.3 Å². The molecule has 3 atom stereocenters. The highest BCUT2D eigenvalue weighted by molar-refractivity contribution is 4.89. The molecular weight excluding hydrogens is 258 g/mol. The molecule has 21 heavy (non-hydrogen) atoms. The van der Waals surface area contributed by atoms with Crippen molar-refractivity contribution in [2.24, 2.45) is 0 Å². The summed E-state index contributed by atoms with van der Waals surface area (Å²) in [5.41, 5.74) is 0. The molecule has 1 aliphatic rings. The van der Waals surface area contributed by atoms with Gasteiger partial charge in [0.2, 0.25) is 0 Å². The second-order valence-electron chi connectivity index (χ2n) is 6.74. The number of likely N-dealkylation sites (N-methyl/N-ethyl adjacent to an activating group) is 1. The molecular formula is C18H39N3. The van der Waals surface area contributed by atoms with E-state index in [0.29, 0.717) is 12.1 Å². The van der Waals surface area contributed by atoms with Crippen molar-refractivity contribution in [3.8, 4) is 0 Å². The van der Waals surface area contributed by atoms with E-state index in [9.17, 15) is 0 Å². The maximum Gasteiger partial charge on any atom is 0.0250 e. The SMILES string of the molecule is CCCNC(CCC)C(CC)N1CCCN(C)CC1CC. The van der Waals surface area contributed by atoms with E-state index >= 15 is 0 Å². The van der Waals surface area contributed by atoms with Crippen LogP contribution in [0.1, 0.15) is 66.2 Å². The van der Waals surface area contributed by atoms with Crippen molar-refractivity contribution >= 4 is 0 Å². The molecule has 0 aromatic carbocycles. The van der Waals surface area contributed by atoms with Crippen molar-refractivity contribution in [1.29, 1.82) is 0 Å². The van der Waals surface area contributed by atoms with Crippen LogP contribution in [0.3, 0.4) is 0 Å². The average Bonchev–Trinajstić information content (AvgIpc) is 2.67. The van der Waals surface area contributed by atoms with Gasteiger partial charge in [-0.2, -0.15) is 0 Å². The lowest BCUT2D eigenvalue weighted by atomic mass is 9.96. The predicted molar refractivity (Wildman–Crippen MR) is 94.0 cm³/mol. The molecule has 126 valence electrons. The summed E-state index contributed by atoms with van der Waals surface area (Å²) < 4.78 is 0. The first-order chi connectivity index (χ1) is 10.2. The van der Waals surface area contributed by atoms with Gasteiger partial charge >= 0.3 is 0 Å². The number of hydrogen-bond donors (Lipinski definition) is 1. The molecule has 1 rings (SSSR count). The Kier molecular flexibility index (Phi) is 9.54. The highest BCUT2D eigenvalue weighted by atomic mass is 15.3. The second kappa shape index (κ2) is 10.6. The van der Waals surface area contributed by atoms with Crippen LogP contribution in [-0.4, -0.2) is 61.2 Å². The van der Waals surface area contributed by atoms with Crippen LogP contribution < -0.4 is 5.32 Å². The number of rotatable bonds is 9. The third-order valence-corrected chi connectivity index (χ3v) is 4.98. The summed E-state index contributed by atoms with van der Waals surface area (Å²) in [7, 11) is 2.28. The molecule has 1 aliphatic heterocycles. The van der Waals surface area contributed by atoms with Gasteiger partial charge in [-0.25, -0.2) is 0 Å². The molecule has 1 N–H and O–H groups in total. The van der Waals surface area contributed by atoms with Gasteiger partial charge in [0.1, 0.15) is 0 Å². The molecule has 3 unspecified atom stereocenters. The van der Waals surface area contributed by atoms with Crippen molar-refractivity contribution in [2.75, 3.05) is 33.2 Å². The first-order valence-electron chi connectivity index (χ1n) is 9.35. The monoisotopic (exact) mass is 297 g/mol. The molecule has 1 fully saturated rings. The highest BCUT2D eigenvalue weighted by Crippen LogP contribution is 2.21. The van der Waals surface area contributed by atoms with Crippen LogP contribution in [0, 0.1) is 0 Å². The minimum Gasteiger partial charge on any atom is -0.312 e. The van der Waals surface area contributed by atoms with E-state index < -0.39 is 0 Å². The Balaban J connectivity index is 2.80. The Labute approximate surface area is 133 Å². The lowest BCUT2D eigenvalue weighted by Gasteiger charge is -2.41. The van der Waals surface area contributed by atoms with E-state index in [1.165, 1.54) is 58.2 Å². The van der Waals surface area contributed by atoms with E-state index in [0.717, 1.165) is 12.6 Å². The molecule has 0 bridgehead atoms. The van der Waals surface area contributed by atoms with Crippen LogP contribution in [0.2, 0.25) is 0 Å². The molecule has 0 amide bonds. The molecule has 0 spiro atoms. The molecule has 0 saturated carbocycles. The molecule has 0 aromatic heterocycles. The maximum absolute atomic E-state index is 3.84.